The van der Waals surface area contributed by atoms with Crippen LogP contribution in [0.2, 0.25) is 0 Å². The zero-order valence-electron chi connectivity index (χ0n) is 9.12. The van der Waals surface area contributed by atoms with Crippen molar-refractivity contribution >= 4 is 27.3 Å². The average molecular weight is 305 g/mol. The van der Waals surface area contributed by atoms with Crippen LogP contribution in [-0.2, 0) is 11.2 Å². The molecule has 3 nitrogen and oxygen atoms in total. The van der Waals surface area contributed by atoms with E-state index in [-0.39, 0.29) is 0 Å². The van der Waals surface area contributed by atoms with Crippen molar-refractivity contribution in [3.8, 4) is 0 Å². The van der Waals surface area contributed by atoms with Gasteiger partial charge in [0.1, 0.15) is 0 Å². The van der Waals surface area contributed by atoms with Crippen molar-refractivity contribution in [1.29, 1.82) is 0 Å². The number of nitrogens with two attached hydrogens (primary N) is 1. The molecule has 1 aromatic heterocycles. The summed E-state index contributed by atoms with van der Waals surface area (Å²) in [7, 11) is 0. The van der Waals surface area contributed by atoms with Crippen LogP contribution in [-0.4, -0.2) is 18.8 Å². The largest absolute Gasteiger partial charge is 0.378 e. The van der Waals surface area contributed by atoms with Crippen LogP contribution in [0.25, 0.3) is 0 Å². The Hall–Kier alpha value is 0.0600. The highest BCUT2D eigenvalue weighted by molar-refractivity contribution is 9.10. The number of hydrogen-bond donors (Lipinski definition) is 2. The normalized spacial score (nSPS) is 22.5. The Kier molecular flexibility index (Phi) is 4.79. The van der Waals surface area contributed by atoms with Crippen LogP contribution in [0, 0.1) is 0 Å². The SMILES string of the molecule is NNC(Cc1cc(Br)cs1)CC1CCCO1. The Labute approximate surface area is 108 Å². The smallest absolute Gasteiger partial charge is 0.0591 e. The number of halogens is 1. The van der Waals surface area contributed by atoms with Gasteiger partial charge in [-0.15, -0.1) is 11.3 Å². The predicted octanol–water partition coefficient (Wildman–Crippen LogP) is 2.45. The zero-order valence-corrected chi connectivity index (χ0v) is 11.5. The third-order valence-corrected chi connectivity index (χ3v) is 4.60. The van der Waals surface area contributed by atoms with Gasteiger partial charge >= 0.3 is 0 Å². The maximum atomic E-state index is 5.63. The number of rotatable bonds is 5. The highest BCUT2D eigenvalue weighted by atomic mass is 79.9. The zero-order chi connectivity index (χ0) is 11.4. The van der Waals surface area contributed by atoms with E-state index in [0.717, 1.165) is 23.9 Å². The minimum Gasteiger partial charge on any atom is -0.378 e. The van der Waals surface area contributed by atoms with Crippen LogP contribution in [0.4, 0.5) is 0 Å². The summed E-state index contributed by atoms with van der Waals surface area (Å²) in [6.45, 7) is 0.909. The first-order chi connectivity index (χ1) is 7.78. The first kappa shape index (κ1) is 12.5. The first-order valence-corrected chi connectivity index (χ1v) is 7.26. The number of hydrazine groups is 1. The summed E-state index contributed by atoms with van der Waals surface area (Å²) in [5.41, 5.74) is 2.90. The van der Waals surface area contributed by atoms with E-state index in [1.165, 1.54) is 17.7 Å². The lowest BCUT2D eigenvalue weighted by Crippen LogP contribution is -2.39. The molecule has 2 atom stereocenters. The van der Waals surface area contributed by atoms with Gasteiger partial charge in [-0.25, -0.2) is 0 Å². The molecule has 90 valence electrons. The molecule has 0 amide bonds. The van der Waals surface area contributed by atoms with E-state index < -0.39 is 0 Å². The van der Waals surface area contributed by atoms with E-state index in [1.54, 1.807) is 11.3 Å². The van der Waals surface area contributed by atoms with Gasteiger partial charge in [0.15, 0.2) is 0 Å². The summed E-state index contributed by atoms with van der Waals surface area (Å²) in [5, 5.41) is 2.11. The molecule has 1 aliphatic rings. The van der Waals surface area contributed by atoms with Crippen molar-refractivity contribution in [2.24, 2.45) is 5.84 Å². The van der Waals surface area contributed by atoms with Crippen LogP contribution in [0.5, 0.6) is 0 Å². The third kappa shape index (κ3) is 3.53. The average Bonchev–Trinajstić information content (AvgIpc) is 2.89. The van der Waals surface area contributed by atoms with Gasteiger partial charge in [-0.1, -0.05) is 0 Å². The molecule has 1 saturated heterocycles. The molecule has 3 N–H and O–H groups in total. The lowest BCUT2D eigenvalue weighted by molar-refractivity contribution is 0.0947. The fraction of sp³-hybridized carbons (Fsp3) is 0.636. The highest BCUT2D eigenvalue weighted by Crippen LogP contribution is 2.23. The number of nitrogens with one attached hydrogen (secondary N) is 1. The van der Waals surface area contributed by atoms with E-state index in [1.807, 2.05) is 0 Å². The van der Waals surface area contributed by atoms with E-state index in [9.17, 15) is 0 Å². The molecule has 16 heavy (non-hydrogen) atoms. The Morgan fingerprint density at radius 2 is 2.56 bits per heavy atom. The summed E-state index contributed by atoms with van der Waals surface area (Å²) >= 11 is 5.23. The summed E-state index contributed by atoms with van der Waals surface area (Å²) in [6, 6.07) is 2.47. The molecule has 0 saturated carbocycles. The second kappa shape index (κ2) is 6.12. The van der Waals surface area contributed by atoms with Gasteiger partial charge in [0, 0.05) is 27.4 Å². The molecular weight excluding hydrogens is 288 g/mol. The maximum absolute atomic E-state index is 5.63. The lowest BCUT2D eigenvalue weighted by atomic mass is 10.0. The maximum Gasteiger partial charge on any atom is 0.0591 e. The van der Waals surface area contributed by atoms with Crippen molar-refractivity contribution in [2.45, 2.75) is 37.8 Å². The molecule has 1 aliphatic heterocycles. The fourth-order valence-electron chi connectivity index (χ4n) is 2.06. The fourth-order valence-corrected chi connectivity index (χ4v) is 3.59. The van der Waals surface area contributed by atoms with Crippen molar-refractivity contribution in [1.82, 2.24) is 5.43 Å². The quantitative estimate of drug-likeness (QED) is 0.649. The first-order valence-electron chi connectivity index (χ1n) is 5.58. The Morgan fingerprint density at radius 1 is 1.69 bits per heavy atom. The molecule has 0 radical (unpaired) electrons. The third-order valence-electron chi connectivity index (χ3n) is 2.88. The van der Waals surface area contributed by atoms with Crippen molar-refractivity contribution in [3.63, 3.8) is 0 Å². The molecule has 1 fully saturated rings. The summed E-state index contributed by atoms with van der Waals surface area (Å²) in [5.74, 6) is 5.59. The van der Waals surface area contributed by atoms with E-state index >= 15 is 0 Å². The summed E-state index contributed by atoms with van der Waals surface area (Å²) < 4.78 is 6.78. The van der Waals surface area contributed by atoms with Crippen LogP contribution in [0.3, 0.4) is 0 Å². The van der Waals surface area contributed by atoms with Crippen molar-refractivity contribution in [2.75, 3.05) is 6.61 Å². The molecule has 2 unspecified atom stereocenters. The molecule has 1 aromatic rings. The molecule has 0 bridgehead atoms. The van der Waals surface area contributed by atoms with Gasteiger partial charge in [0.2, 0.25) is 0 Å². The summed E-state index contributed by atoms with van der Waals surface area (Å²) in [6.07, 6.45) is 4.74. The minimum absolute atomic E-state index is 0.314. The van der Waals surface area contributed by atoms with Gasteiger partial charge in [0.25, 0.3) is 0 Å². The predicted molar refractivity (Wildman–Crippen MR) is 70.4 cm³/mol. The van der Waals surface area contributed by atoms with Crippen molar-refractivity contribution < 1.29 is 4.74 Å². The van der Waals surface area contributed by atoms with Gasteiger partial charge in [0.05, 0.1) is 6.10 Å². The standard InChI is InChI=1S/C11H17BrN2OS/c12-8-4-11(16-7-8)6-9(14-13)5-10-2-1-3-15-10/h4,7,9-10,14H,1-3,5-6,13H2. The number of thiophene rings is 1. The van der Waals surface area contributed by atoms with E-state index in [4.69, 9.17) is 10.6 Å². The van der Waals surface area contributed by atoms with E-state index in [0.29, 0.717) is 12.1 Å². The molecular formula is C11H17BrN2OS. The molecule has 2 rings (SSSR count). The lowest BCUT2D eigenvalue weighted by Gasteiger charge is -2.18. The van der Waals surface area contributed by atoms with Gasteiger partial charge < -0.3 is 4.74 Å². The molecule has 0 aliphatic carbocycles. The minimum atomic E-state index is 0.314. The van der Waals surface area contributed by atoms with Crippen LogP contribution >= 0.6 is 27.3 Å². The van der Waals surface area contributed by atoms with E-state index in [2.05, 4.69) is 32.8 Å². The molecule has 5 heteroatoms. The second-order valence-electron chi connectivity index (χ2n) is 4.17. The molecule has 0 aromatic carbocycles. The van der Waals surface area contributed by atoms with Gasteiger partial charge in [-0.05, 0) is 47.7 Å². The monoisotopic (exact) mass is 304 g/mol. The number of ether oxygens (including phenoxy) is 1. The van der Waals surface area contributed by atoms with Crippen LogP contribution in [0.15, 0.2) is 15.9 Å². The second-order valence-corrected chi connectivity index (χ2v) is 6.08. The Bertz CT molecular complexity index is 326. The van der Waals surface area contributed by atoms with Crippen LogP contribution < -0.4 is 11.3 Å². The Morgan fingerprint density at radius 3 is 3.12 bits per heavy atom. The Balaban J connectivity index is 1.84. The van der Waals surface area contributed by atoms with Gasteiger partial charge in [-0.3, -0.25) is 11.3 Å². The number of hydrogen-bond acceptors (Lipinski definition) is 4. The topological polar surface area (TPSA) is 47.3 Å². The summed E-state index contributed by atoms with van der Waals surface area (Å²) in [4.78, 5) is 1.35. The molecule has 0 spiro atoms. The van der Waals surface area contributed by atoms with Gasteiger partial charge in [-0.2, -0.15) is 0 Å². The highest BCUT2D eigenvalue weighted by Gasteiger charge is 2.20. The van der Waals surface area contributed by atoms with Crippen LogP contribution in [0.1, 0.15) is 24.1 Å². The van der Waals surface area contributed by atoms with Crippen molar-refractivity contribution in [3.05, 3.63) is 20.8 Å². The molecule has 2 heterocycles.